The second-order valence-electron chi connectivity index (χ2n) is 6.00. The van der Waals surface area contributed by atoms with E-state index in [0.29, 0.717) is 18.7 Å². The van der Waals surface area contributed by atoms with Gasteiger partial charge in [0.05, 0.1) is 5.60 Å². The number of carbonyl (C=O) groups excluding carboxylic acids is 1. The summed E-state index contributed by atoms with van der Waals surface area (Å²) < 4.78 is 13.0. The highest BCUT2D eigenvalue weighted by molar-refractivity contribution is 5.90. The summed E-state index contributed by atoms with van der Waals surface area (Å²) in [4.78, 5) is 14.1. The number of halogens is 1. The predicted octanol–water partition coefficient (Wildman–Crippen LogP) is 2.39. The van der Waals surface area contributed by atoms with Crippen molar-refractivity contribution in [2.45, 2.75) is 38.2 Å². The van der Waals surface area contributed by atoms with Crippen LogP contribution in [0.1, 0.15) is 32.6 Å². The van der Waals surface area contributed by atoms with E-state index in [1.165, 1.54) is 12.1 Å². The first-order valence-corrected chi connectivity index (χ1v) is 7.45. The molecule has 116 valence electrons. The summed E-state index contributed by atoms with van der Waals surface area (Å²) in [5, 5.41) is 12.7. The first kappa shape index (κ1) is 15.9. The summed E-state index contributed by atoms with van der Waals surface area (Å²) in [6.07, 6.45) is 2.86. The maximum absolute atomic E-state index is 13.0. The fourth-order valence-electron chi connectivity index (χ4n) is 2.59. The smallest absolute Gasteiger partial charge is 0.225 e. The second-order valence-corrected chi connectivity index (χ2v) is 6.00. The van der Waals surface area contributed by atoms with Crippen molar-refractivity contribution in [1.29, 1.82) is 0 Å². The zero-order valence-electron chi connectivity index (χ0n) is 12.4. The van der Waals surface area contributed by atoms with Gasteiger partial charge in [-0.25, -0.2) is 4.39 Å². The van der Waals surface area contributed by atoms with Crippen LogP contribution in [0.2, 0.25) is 0 Å². The number of hydrogen-bond acceptors (Lipinski definition) is 3. The summed E-state index contributed by atoms with van der Waals surface area (Å²) in [6, 6.07) is 5.89. The Bertz CT molecular complexity index is 491. The Labute approximate surface area is 125 Å². The van der Waals surface area contributed by atoms with Crippen LogP contribution in [0, 0.1) is 5.82 Å². The minimum Gasteiger partial charge on any atom is -0.390 e. The summed E-state index contributed by atoms with van der Waals surface area (Å²) in [6.45, 7) is 4.24. The fourth-order valence-corrected chi connectivity index (χ4v) is 2.59. The zero-order chi connectivity index (χ0) is 15.3. The lowest BCUT2D eigenvalue weighted by atomic mass is 9.98. The van der Waals surface area contributed by atoms with E-state index in [1.807, 2.05) is 6.92 Å². The van der Waals surface area contributed by atoms with Crippen LogP contribution in [-0.4, -0.2) is 41.1 Å². The third-order valence-electron chi connectivity index (χ3n) is 3.92. The summed E-state index contributed by atoms with van der Waals surface area (Å²) in [7, 11) is 0. The molecule has 1 aromatic carbocycles. The van der Waals surface area contributed by atoms with Crippen molar-refractivity contribution in [2.75, 3.05) is 25.0 Å². The van der Waals surface area contributed by atoms with Crippen LogP contribution in [0.25, 0.3) is 0 Å². The van der Waals surface area contributed by atoms with Gasteiger partial charge in [-0.2, -0.15) is 0 Å². The number of nitrogens with one attached hydrogen (secondary N) is 1. The number of benzene rings is 1. The molecule has 0 aromatic heterocycles. The van der Waals surface area contributed by atoms with Gasteiger partial charge in [-0.15, -0.1) is 0 Å². The molecule has 4 nitrogen and oxygen atoms in total. The average molecular weight is 294 g/mol. The van der Waals surface area contributed by atoms with Crippen molar-refractivity contribution in [1.82, 2.24) is 4.90 Å². The molecule has 1 fully saturated rings. The third-order valence-corrected chi connectivity index (χ3v) is 3.92. The third kappa shape index (κ3) is 5.44. The number of nitrogens with zero attached hydrogens (tertiary/aromatic N) is 1. The molecule has 1 heterocycles. The minimum absolute atomic E-state index is 0.114. The Morgan fingerprint density at radius 2 is 2.24 bits per heavy atom. The molecule has 0 spiro atoms. The molecule has 2 N–H and O–H groups in total. The van der Waals surface area contributed by atoms with Crippen LogP contribution >= 0.6 is 0 Å². The van der Waals surface area contributed by atoms with Gasteiger partial charge in [0, 0.05) is 25.2 Å². The van der Waals surface area contributed by atoms with E-state index < -0.39 is 5.60 Å². The molecule has 1 aliphatic rings. The Kier molecular flexibility index (Phi) is 5.31. The van der Waals surface area contributed by atoms with Crippen molar-refractivity contribution in [2.24, 2.45) is 0 Å². The van der Waals surface area contributed by atoms with Gasteiger partial charge in [0.15, 0.2) is 0 Å². The van der Waals surface area contributed by atoms with Gasteiger partial charge >= 0.3 is 0 Å². The van der Waals surface area contributed by atoms with Crippen molar-refractivity contribution in [3.05, 3.63) is 30.1 Å². The van der Waals surface area contributed by atoms with Crippen LogP contribution < -0.4 is 5.32 Å². The molecule has 1 atom stereocenters. The van der Waals surface area contributed by atoms with Gasteiger partial charge in [0.1, 0.15) is 5.82 Å². The fraction of sp³-hybridized carbons (Fsp3) is 0.562. The summed E-state index contributed by atoms with van der Waals surface area (Å²) >= 11 is 0. The first-order chi connectivity index (χ1) is 9.94. The van der Waals surface area contributed by atoms with Crippen molar-refractivity contribution < 1.29 is 14.3 Å². The number of anilines is 1. The van der Waals surface area contributed by atoms with Gasteiger partial charge in [-0.05, 0) is 50.9 Å². The Morgan fingerprint density at radius 1 is 1.43 bits per heavy atom. The van der Waals surface area contributed by atoms with E-state index in [0.717, 1.165) is 32.4 Å². The number of likely N-dealkylation sites (tertiary alicyclic amines) is 1. The van der Waals surface area contributed by atoms with Gasteiger partial charge in [-0.1, -0.05) is 6.07 Å². The zero-order valence-corrected chi connectivity index (χ0v) is 12.4. The van der Waals surface area contributed by atoms with Crippen LogP contribution in [0.4, 0.5) is 10.1 Å². The average Bonchev–Trinajstić information content (AvgIpc) is 2.57. The monoisotopic (exact) mass is 294 g/mol. The van der Waals surface area contributed by atoms with Crippen LogP contribution in [0.15, 0.2) is 24.3 Å². The first-order valence-electron chi connectivity index (χ1n) is 7.45. The van der Waals surface area contributed by atoms with Crippen LogP contribution in [-0.2, 0) is 4.79 Å². The van der Waals surface area contributed by atoms with Gasteiger partial charge < -0.3 is 15.3 Å². The number of hydrogen-bond donors (Lipinski definition) is 2. The Hall–Kier alpha value is -1.46. The molecule has 1 aromatic rings. The molecule has 1 amide bonds. The maximum Gasteiger partial charge on any atom is 0.225 e. The minimum atomic E-state index is -0.585. The predicted molar refractivity (Wildman–Crippen MR) is 80.6 cm³/mol. The molecule has 1 unspecified atom stereocenters. The Balaban J connectivity index is 1.76. The van der Waals surface area contributed by atoms with E-state index >= 15 is 0 Å². The summed E-state index contributed by atoms with van der Waals surface area (Å²) in [5.41, 5.74) is -0.0997. The molecule has 0 radical (unpaired) electrons. The summed E-state index contributed by atoms with van der Waals surface area (Å²) in [5.74, 6) is -0.473. The van der Waals surface area contributed by atoms with Gasteiger partial charge in [0.2, 0.25) is 5.91 Å². The van der Waals surface area contributed by atoms with Crippen LogP contribution in [0.5, 0.6) is 0 Å². The standard InChI is InChI=1S/C16H23FN2O2/c1-16(21)7-3-9-19(11-8-16)10-6-15(20)18-14-5-2-4-13(17)12-14/h2,4-5,12,21H,3,6-11H2,1H3,(H,18,20). The van der Waals surface area contributed by atoms with E-state index in [1.54, 1.807) is 12.1 Å². The maximum atomic E-state index is 13.0. The highest BCUT2D eigenvalue weighted by atomic mass is 19.1. The van der Waals surface area contributed by atoms with E-state index in [9.17, 15) is 14.3 Å². The highest BCUT2D eigenvalue weighted by Gasteiger charge is 2.24. The Morgan fingerprint density at radius 3 is 3.00 bits per heavy atom. The van der Waals surface area contributed by atoms with Crippen molar-refractivity contribution in [3.63, 3.8) is 0 Å². The molecule has 1 aliphatic heterocycles. The van der Waals surface area contributed by atoms with E-state index in [-0.39, 0.29) is 11.7 Å². The molecule has 5 heteroatoms. The number of carbonyl (C=O) groups is 1. The number of aliphatic hydroxyl groups is 1. The lowest BCUT2D eigenvalue weighted by Gasteiger charge is -2.22. The second kappa shape index (κ2) is 7.00. The van der Waals surface area contributed by atoms with Crippen LogP contribution in [0.3, 0.4) is 0 Å². The number of amides is 1. The normalized spacial score (nSPS) is 23.6. The molecule has 0 aliphatic carbocycles. The van der Waals surface area contributed by atoms with E-state index in [2.05, 4.69) is 10.2 Å². The van der Waals surface area contributed by atoms with Crippen molar-refractivity contribution in [3.8, 4) is 0 Å². The molecule has 0 saturated carbocycles. The largest absolute Gasteiger partial charge is 0.390 e. The number of rotatable bonds is 4. The molecule has 0 bridgehead atoms. The molecule has 2 rings (SSSR count). The quantitative estimate of drug-likeness (QED) is 0.896. The molecular weight excluding hydrogens is 271 g/mol. The van der Waals surface area contributed by atoms with Gasteiger partial charge in [-0.3, -0.25) is 4.79 Å². The molecule has 21 heavy (non-hydrogen) atoms. The van der Waals surface area contributed by atoms with Gasteiger partial charge in [0.25, 0.3) is 0 Å². The lowest BCUT2D eigenvalue weighted by Crippen LogP contribution is -2.30. The lowest BCUT2D eigenvalue weighted by molar-refractivity contribution is -0.116. The molecule has 1 saturated heterocycles. The SMILES string of the molecule is CC1(O)CCCN(CCC(=O)Nc2cccc(F)c2)CC1. The topological polar surface area (TPSA) is 52.6 Å². The highest BCUT2D eigenvalue weighted by Crippen LogP contribution is 2.21. The molecular formula is C16H23FN2O2. The van der Waals surface area contributed by atoms with E-state index in [4.69, 9.17) is 0 Å². The van der Waals surface area contributed by atoms with Crippen molar-refractivity contribution >= 4 is 11.6 Å².